The van der Waals surface area contributed by atoms with E-state index < -0.39 is 0 Å². The van der Waals surface area contributed by atoms with Crippen molar-refractivity contribution in [2.24, 2.45) is 4.99 Å². The number of hydrogen-bond acceptors (Lipinski definition) is 2. The molecule has 3 nitrogen and oxygen atoms in total. The predicted molar refractivity (Wildman–Crippen MR) is 71.6 cm³/mol. The Morgan fingerprint density at radius 1 is 1.33 bits per heavy atom. The standard InChI is InChI=1S/C14H16FN3/c1-9-11(3-5-14-16-6-7-17-14)12-8-10(15)2-4-13(12)18-9/h2,4,8,18H,3,5-7H2,1H3,(H,16,17). The largest absolute Gasteiger partial charge is 0.372 e. The molecule has 2 aromatic rings. The lowest BCUT2D eigenvalue weighted by molar-refractivity contribution is 0.629. The molecule has 0 amide bonds. The van der Waals surface area contributed by atoms with Crippen LogP contribution in [0.25, 0.3) is 10.9 Å². The average molecular weight is 245 g/mol. The van der Waals surface area contributed by atoms with Gasteiger partial charge < -0.3 is 10.3 Å². The zero-order valence-electron chi connectivity index (χ0n) is 10.4. The summed E-state index contributed by atoms with van der Waals surface area (Å²) < 4.78 is 13.3. The van der Waals surface area contributed by atoms with Gasteiger partial charge in [-0.05, 0) is 37.1 Å². The van der Waals surface area contributed by atoms with E-state index in [-0.39, 0.29) is 5.82 Å². The van der Waals surface area contributed by atoms with Crippen LogP contribution < -0.4 is 5.32 Å². The number of aryl methyl sites for hydroxylation is 2. The van der Waals surface area contributed by atoms with Crippen LogP contribution >= 0.6 is 0 Å². The van der Waals surface area contributed by atoms with Crippen LogP contribution in [0.15, 0.2) is 23.2 Å². The van der Waals surface area contributed by atoms with Crippen LogP contribution in [0.4, 0.5) is 4.39 Å². The minimum atomic E-state index is -0.181. The number of aliphatic imine (C=N–C) groups is 1. The summed E-state index contributed by atoms with van der Waals surface area (Å²) in [6.45, 7) is 3.85. The van der Waals surface area contributed by atoms with Gasteiger partial charge in [-0.3, -0.25) is 4.99 Å². The average Bonchev–Trinajstić information content (AvgIpc) is 2.94. The SMILES string of the molecule is Cc1[nH]c2ccc(F)cc2c1CCC1=NCCN1. The number of H-pyrrole nitrogens is 1. The van der Waals surface area contributed by atoms with Gasteiger partial charge in [0.05, 0.1) is 12.4 Å². The number of benzene rings is 1. The summed E-state index contributed by atoms with van der Waals surface area (Å²) in [6, 6.07) is 4.90. The summed E-state index contributed by atoms with van der Waals surface area (Å²) in [4.78, 5) is 7.69. The van der Waals surface area contributed by atoms with E-state index in [0.717, 1.165) is 48.4 Å². The Morgan fingerprint density at radius 2 is 2.22 bits per heavy atom. The Hall–Kier alpha value is -1.84. The Balaban J connectivity index is 1.90. The van der Waals surface area contributed by atoms with Gasteiger partial charge in [-0.1, -0.05) is 0 Å². The van der Waals surface area contributed by atoms with Gasteiger partial charge in [-0.2, -0.15) is 0 Å². The fraction of sp³-hybridized carbons (Fsp3) is 0.357. The van der Waals surface area contributed by atoms with Gasteiger partial charge in [0.2, 0.25) is 0 Å². The first-order valence-electron chi connectivity index (χ1n) is 6.28. The van der Waals surface area contributed by atoms with Gasteiger partial charge in [0.1, 0.15) is 5.82 Å². The van der Waals surface area contributed by atoms with Crippen LogP contribution in [0.5, 0.6) is 0 Å². The number of aromatic amines is 1. The van der Waals surface area contributed by atoms with E-state index in [0.29, 0.717) is 0 Å². The second kappa shape index (κ2) is 4.44. The maximum atomic E-state index is 13.3. The van der Waals surface area contributed by atoms with Gasteiger partial charge in [0.25, 0.3) is 0 Å². The molecule has 0 spiro atoms. The van der Waals surface area contributed by atoms with Crippen molar-refractivity contribution in [1.29, 1.82) is 0 Å². The number of rotatable bonds is 3. The molecule has 3 rings (SSSR count). The fourth-order valence-corrected chi connectivity index (χ4v) is 2.53. The molecule has 0 bridgehead atoms. The molecule has 1 aromatic heterocycles. The lowest BCUT2D eigenvalue weighted by Gasteiger charge is -2.03. The first-order valence-corrected chi connectivity index (χ1v) is 6.28. The summed E-state index contributed by atoms with van der Waals surface area (Å²) >= 11 is 0. The quantitative estimate of drug-likeness (QED) is 0.857. The van der Waals surface area contributed by atoms with E-state index in [1.807, 2.05) is 6.92 Å². The van der Waals surface area contributed by atoms with Crippen molar-refractivity contribution in [3.05, 3.63) is 35.3 Å². The van der Waals surface area contributed by atoms with E-state index >= 15 is 0 Å². The van der Waals surface area contributed by atoms with Gasteiger partial charge in [-0.15, -0.1) is 0 Å². The molecular formula is C14H16FN3. The molecule has 0 unspecified atom stereocenters. The van der Waals surface area contributed by atoms with E-state index in [2.05, 4.69) is 15.3 Å². The molecule has 2 heterocycles. The summed E-state index contributed by atoms with van der Waals surface area (Å²) in [5, 5.41) is 4.26. The predicted octanol–water partition coefficient (Wildman–Crippen LogP) is 2.55. The number of aromatic nitrogens is 1. The molecule has 0 saturated carbocycles. The maximum Gasteiger partial charge on any atom is 0.123 e. The van der Waals surface area contributed by atoms with Crippen LogP contribution in [0.1, 0.15) is 17.7 Å². The molecule has 0 atom stereocenters. The fourth-order valence-electron chi connectivity index (χ4n) is 2.53. The molecule has 0 fully saturated rings. The van der Waals surface area contributed by atoms with Gasteiger partial charge in [-0.25, -0.2) is 4.39 Å². The number of nitrogens with zero attached hydrogens (tertiary/aromatic N) is 1. The molecule has 18 heavy (non-hydrogen) atoms. The molecule has 94 valence electrons. The van der Waals surface area contributed by atoms with Crippen LogP contribution in [0, 0.1) is 12.7 Å². The number of halogens is 1. The van der Waals surface area contributed by atoms with E-state index in [1.54, 1.807) is 12.1 Å². The van der Waals surface area contributed by atoms with E-state index in [9.17, 15) is 4.39 Å². The smallest absolute Gasteiger partial charge is 0.123 e. The number of hydrogen-bond donors (Lipinski definition) is 2. The molecule has 1 aromatic carbocycles. The highest BCUT2D eigenvalue weighted by Gasteiger charge is 2.11. The summed E-state index contributed by atoms with van der Waals surface area (Å²) in [5.41, 5.74) is 3.32. The first kappa shape index (κ1) is 11.3. The van der Waals surface area contributed by atoms with Crippen molar-refractivity contribution in [3.8, 4) is 0 Å². The molecular weight excluding hydrogens is 229 g/mol. The highest BCUT2D eigenvalue weighted by molar-refractivity contribution is 5.87. The van der Waals surface area contributed by atoms with Crippen molar-refractivity contribution in [1.82, 2.24) is 10.3 Å². The zero-order valence-corrected chi connectivity index (χ0v) is 10.4. The third-order valence-corrected chi connectivity index (χ3v) is 3.44. The Morgan fingerprint density at radius 3 is 3.00 bits per heavy atom. The Bertz CT molecular complexity index is 613. The van der Waals surface area contributed by atoms with Crippen molar-refractivity contribution in [2.45, 2.75) is 19.8 Å². The molecule has 0 radical (unpaired) electrons. The molecule has 4 heteroatoms. The summed E-state index contributed by atoms with van der Waals surface area (Å²) in [7, 11) is 0. The van der Waals surface area contributed by atoms with Gasteiger partial charge in [0.15, 0.2) is 0 Å². The van der Waals surface area contributed by atoms with Crippen LogP contribution in [0.2, 0.25) is 0 Å². The summed E-state index contributed by atoms with van der Waals surface area (Å²) in [6.07, 6.45) is 1.78. The Kier molecular flexibility index (Phi) is 2.78. The highest BCUT2D eigenvalue weighted by Crippen LogP contribution is 2.24. The van der Waals surface area contributed by atoms with Crippen molar-refractivity contribution < 1.29 is 4.39 Å². The van der Waals surface area contributed by atoms with Crippen molar-refractivity contribution in [3.63, 3.8) is 0 Å². The van der Waals surface area contributed by atoms with Crippen molar-refractivity contribution >= 4 is 16.7 Å². The van der Waals surface area contributed by atoms with Crippen LogP contribution in [0.3, 0.4) is 0 Å². The summed E-state index contributed by atoms with van der Waals surface area (Å²) in [5.74, 6) is 0.888. The topological polar surface area (TPSA) is 40.2 Å². The third kappa shape index (κ3) is 1.98. The molecule has 1 aliphatic heterocycles. The van der Waals surface area contributed by atoms with Crippen LogP contribution in [-0.2, 0) is 6.42 Å². The minimum Gasteiger partial charge on any atom is -0.372 e. The van der Waals surface area contributed by atoms with Crippen LogP contribution in [-0.4, -0.2) is 23.9 Å². The molecule has 1 aliphatic rings. The lowest BCUT2D eigenvalue weighted by atomic mass is 10.1. The molecule has 0 aliphatic carbocycles. The van der Waals surface area contributed by atoms with Gasteiger partial charge in [0, 0.05) is 29.6 Å². The number of amidine groups is 1. The number of fused-ring (bicyclic) bond motifs is 1. The number of nitrogens with one attached hydrogen (secondary N) is 2. The first-order chi connectivity index (χ1) is 8.74. The van der Waals surface area contributed by atoms with Crippen molar-refractivity contribution in [2.75, 3.05) is 13.1 Å². The second-order valence-corrected chi connectivity index (χ2v) is 4.67. The lowest BCUT2D eigenvalue weighted by Crippen LogP contribution is -2.18. The zero-order chi connectivity index (χ0) is 12.5. The minimum absolute atomic E-state index is 0.181. The normalized spacial score (nSPS) is 14.9. The van der Waals surface area contributed by atoms with Gasteiger partial charge >= 0.3 is 0 Å². The van der Waals surface area contributed by atoms with E-state index in [4.69, 9.17) is 0 Å². The highest BCUT2D eigenvalue weighted by atomic mass is 19.1. The Labute approximate surface area is 105 Å². The molecule has 0 saturated heterocycles. The maximum absolute atomic E-state index is 13.3. The van der Waals surface area contributed by atoms with E-state index in [1.165, 1.54) is 11.6 Å². The third-order valence-electron chi connectivity index (χ3n) is 3.44. The molecule has 2 N–H and O–H groups in total. The second-order valence-electron chi connectivity index (χ2n) is 4.67. The monoisotopic (exact) mass is 245 g/mol.